The van der Waals surface area contributed by atoms with Crippen LogP contribution in [0.4, 0.5) is 0 Å². The molecule has 6 heteroatoms. The van der Waals surface area contributed by atoms with Crippen molar-refractivity contribution < 1.29 is 4.79 Å². The molecule has 2 rings (SSSR count). The Morgan fingerprint density at radius 2 is 2.53 bits per heavy atom. The van der Waals surface area contributed by atoms with Gasteiger partial charge < -0.3 is 5.32 Å². The first-order valence-electron chi connectivity index (χ1n) is 5.61. The highest BCUT2D eigenvalue weighted by Crippen LogP contribution is 2.22. The van der Waals surface area contributed by atoms with Gasteiger partial charge in [-0.05, 0) is 23.8 Å². The van der Waals surface area contributed by atoms with Crippen molar-refractivity contribution in [2.24, 2.45) is 5.92 Å². The minimum atomic E-state index is 0.0670. The number of aromatic nitrogens is 1. The molecule has 1 aliphatic rings. The lowest BCUT2D eigenvalue weighted by molar-refractivity contribution is -0.120. The van der Waals surface area contributed by atoms with Gasteiger partial charge in [0.25, 0.3) is 0 Å². The van der Waals surface area contributed by atoms with Gasteiger partial charge in [-0.3, -0.25) is 4.79 Å². The third kappa shape index (κ3) is 4.16. The van der Waals surface area contributed by atoms with Crippen LogP contribution in [0.2, 0.25) is 0 Å². The van der Waals surface area contributed by atoms with Gasteiger partial charge in [0.05, 0.1) is 18.0 Å². The van der Waals surface area contributed by atoms with Crippen LogP contribution in [-0.2, 0) is 17.1 Å². The van der Waals surface area contributed by atoms with Crippen LogP contribution in [0.5, 0.6) is 0 Å². The standard InChI is InChI=1S/C11H15ClN2OS2/c12-4-9-7-17-11(14-9)3-10(15)13-5-8-1-2-16-6-8/h7-8H,1-6H2,(H,13,15). The normalized spacial score (nSPS) is 19.5. The van der Waals surface area contributed by atoms with E-state index in [2.05, 4.69) is 10.3 Å². The largest absolute Gasteiger partial charge is 0.355 e. The average Bonchev–Trinajstić information content (AvgIpc) is 2.97. The fourth-order valence-electron chi connectivity index (χ4n) is 1.69. The zero-order valence-electron chi connectivity index (χ0n) is 9.45. The lowest BCUT2D eigenvalue weighted by Gasteiger charge is -2.08. The first kappa shape index (κ1) is 13.2. The molecule has 3 nitrogen and oxygen atoms in total. The van der Waals surface area contributed by atoms with Gasteiger partial charge in [0.2, 0.25) is 5.91 Å². The van der Waals surface area contributed by atoms with E-state index in [1.807, 2.05) is 17.1 Å². The number of alkyl halides is 1. The molecule has 0 saturated carbocycles. The van der Waals surface area contributed by atoms with E-state index in [4.69, 9.17) is 11.6 Å². The summed E-state index contributed by atoms with van der Waals surface area (Å²) in [5.74, 6) is 3.54. The summed E-state index contributed by atoms with van der Waals surface area (Å²) in [5.41, 5.74) is 0.853. The van der Waals surface area contributed by atoms with E-state index in [-0.39, 0.29) is 5.91 Å². The van der Waals surface area contributed by atoms with Gasteiger partial charge in [-0.15, -0.1) is 22.9 Å². The Kier molecular flexibility index (Phi) is 5.13. The van der Waals surface area contributed by atoms with Crippen LogP contribution < -0.4 is 5.32 Å². The SMILES string of the molecule is O=C(Cc1nc(CCl)cs1)NCC1CCSC1. The Bertz CT molecular complexity index is 377. The second-order valence-electron chi connectivity index (χ2n) is 4.08. The third-order valence-electron chi connectivity index (χ3n) is 2.66. The number of carbonyl (C=O) groups is 1. The van der Waals surface area contributed by atoms with Gasteiger partial charge in [0.15, 0.2) is 0 Å². The van der Waals surface area contributed by atoms with Crippen molar-refractivity contribution >= 4 is 40.6 Å². The van der Waals surface area contributed by atoms with Crippen LogP contribution in [0.15, 0.2) is 5.38 Å². The van der Waals surface area contributed by atoms with Gasteiger partial charge in [-0.2, -0.15) is 11.8 Å². The van der Waals surface area contributed by atoms with Crippen LogP contribution in [-0.4, -0.2) is 28.9 Å². The number of carbonyl (C=O) groups excluding carboxylic acids is 1. The number of halogens is 1. The predicted octanol–water partition coefficient (Wildman–Crippen LogP) is 2.29. The molecule has 1 aromatic heterocycles. The van der Waals surface area contributed by atoms with Gasteiger partial charge in [0.1, 0.15) is 5.01 Å². The fourth-order valence-corrected chi connectivity index (χ4v) is 4.00. The topological polar surface area (TPSA) is 42.0 Å². The van der Waals surface area contributed by atoms with E-state index in [1.165, 1.54) is 29.3 Å². The summed E-state index contributed by atoms with van der Waals surface area (Å²) in [6.45, 7) is 0.805. The van der Waals surface area contributed by atoms with E-state index in [1.54, 1.807) is 0 Å². The lowest BCUT2D eigenvalue weighted by atomic mass is 10.1. The fraction of sp³-hybridized carbons (Fsp3) is 0.636. The van der Waals surface area contributed by atoms with Crippen LogP contribution in [0.1, 0.15) is 17.1 Å². The minimum Gasteiger partial charge on any atom is -0.355 e. The highest BCUT2D eigenvalue weighted by molar-refractivity contribution is 7.99. The van der Waals surface area contributed by atoms with Crippen molar-refractivity contribution in [3.8, 4) is 0 Å². The van der Waals surface area contributed by atoms with Crippen molar-refractivity contribution in [2.75, 3.05) is 18.1 Å². The molecule has 1 fully saturated rings. The molecule has 1 saturated heterocycles. The maximum absolute atomic E-state index is 11.7. The Hall–Kier alpha value is -0.260. The molecule has 94 valence electrons. The Balaban J connectivity index is 1.72. The molecule has 1 aromatic rings. The van der Waals surface area contributed by atoms with Crippen molar-refractivity contribution in [1.82, 2.24) is 10.3 Å². The summed E-state index contributed by atoms with van der Waals surface area (Å²) < 4.78 is 0. The van der Waals surface area contributed by atoms with Crippen molar-refractivity contribution in [1.29, 1.82) is 0 Å². The monoisotopic (exact) mass is 290 g/mol. The maximum atomic E-state index is 11.7. The number of amides is 1. The van der Waals surface area contributed by atoms with E-state index in [0.29, 0.717) is 18.2 Å². The van der Waals surface area contributed by atoms with Gasteiger partial charge in [-0.1, -0.05) is 0 Å². The van der Waals surface area contributed by atoms with Gasteiger partial charge >= 0.3 is 0 Å². The van der Waals surface area contributed by atoms with Crippen molar-refractivity contribution in [3.63, 3.8) is 0 Å². The summed E-state index contributed by atoms with van der Waals surface area (Å²) in [5, 5.41) is 5.73. The summed E-state index contributed by atoms with van der Waals surface area (Å²) in [6, 6.07) is 0. The summed E-state index contributed by atoms with van der Waals surface area (Å²) >= 11 is 9.13. The molecule has 0 radical (unpaired) electrons. The highest BCUT2D eigenvalue weighted by Gasteiger charge is 2.16. The maximum Gasteiger partial charge on any atom is 0.226 e. The third-order valence-corrected chi connectivity index (χ3v) is 5.06. The second kappa shape index (κ2) is 6.61. The second-order valence-corrected chi connectivity index (χ2v) is 6.44. The molecule has 17 heavy (non-hydrogen) atoms. The smallest absolute Gasteiger partial charge is 0.226 e. The average molecular weight is 291 g/mol. The van der Waals surface area contributed by atoms with Crippen LogP contribution >= 0.6 is 34.7 Å². The molecule has 0 bridgehead atoms. The van der Waals surface area contributed by atoms with E-state index >= 15 is 0 Å². The Labute approximate surface area is 114 Å². The first-order chi connectivity index (χ1) is 8.28. The van der Waals surface area contributed by atoms with Crippen molar-refractivity contribution in [3.05, 3.63) is 16.1 Å². The van der Waals surface area contributed by atoms with Crippen molar-refractivity contribution in [2.45, 2.75) is 18.7 Å². The summed E-state index contributed by atoms with van der Waals surface area (Å²) in [6.07, 6.45) is 1.60. The summed E-state index contributed by atoms with van der Waals surface area (Å²) in [7, 11) is 0. The van der Waals surface area contributed by atoms with E-state index in [9.17, 15) is 4.79 Å². The van der Waals surface area contributed by atoms with E-state index < -0.39 is 0 Å². The number of thiazole rings is 1. The van der Waals surface area contributed by atoms with Crippen LogP contribution in [0, 0.1) is 5.92 Å². The number of hydrogen-bond donors (Lipinski definition) is 1. The number of thioether (sulfide) groups is 1. The first-order valence-corrected chi connectivity index (χ1v) is 8.18. The lowest BCUT2D eigenvalue weighted by Crippen LogP contribution is -2.30. The quantitative estimate of drug-likeness (QED) is 0.846. The van der Waals surface area contributed by atoms with Gasteiger partial charge in [-0.25, -0.2) is 4.98 Å². The summed E-state index contributed by atoms with van der Waals surface area (Å²) in [4.78, 5) is 16.0. The molecule has 0 spiro atoms. The molecular formula is C11H15ClN2OS2. The molecule has 1 aliphatic heterocycles. The van der Waals surface area contributed by atoms with Crippen LogP contribution in [0.3, 0.4) is 0 Å². The minimum absolute atomic E-state index is 0.0670. The molecule has 1 N–H and O–H groups in total. The molecule has 0 aromatic carbocycles. The molecule has 0 aliphatic carbocycles. The Morgan fingerprint density at radius 3 is 3.18 bits per heavy atom. The zero-order valence-corrected chi connectivity index (χ0v) is 11.8. The molecule has 2 heterocycles. The number of nitrogens with one attached hydrogen (secondary N) is 1. The molecule has 1 unspecified atom stereocenters. The van der Waals surface area contributed by atoms with Gasteiger partial charge in [0, 0.05) is 11.9 Å². The number of rotatable bonds is 5. The molecule has 1 atom stereocenters. The molecular weight excluding hydrogens is 276 g/mol. The zero-order chi connectivity index (χ0) is 12.1. The highest BCUT2D eigenvalue weighted by atomic mass is 35.5. The van der Waals surface area contributed by atoms with E-state index in [0.717, 1.165) is 17.2 Å². The predicted molar refractivity (Wildman–Crippen MR) is 73.8 cm³/mol. The number of nitrogens with zero attached hydrogens (tertiary/aromatic N) is 1. The van der Waals surface area contributed by atoms with Crippen LogP contribution in [0.25, 0.3) is 0 Å². The molecule has 1 amide bonds. The Morgan fingerprint density at radius 1 is 1.65 bits per heavy atom. The number of hydrogen-bond acceptors (Lipinski definition) is 4.